The number of primary amides is 1. The number of amides is 3. The Morgan fingerprint density at radius 3 is 2.78 bits per heavy atom. The molecular weight excluding hydrogens is 238 g/mol. The number of carbonyl (C=O) groups is 3. The van der Waals surface area contributed by atoms with Gasteiger partial charge in [-0.2, -0.15) is 0 Å². The van der Waals surface area contributed by atoms with Gasteiger partial charge in [0, 0.05) is 18.7 Å². The summed E-state index contributed by atoms with van der Waals surface area (Å²) in [6.45, 7) is 0. The number of ether oxygens (including phenoxy) is 1. The second-order valence-electron chi connectivity index (χ2n) is 3.85. The fourth-order valence-corrected chi connectivity index (χ4v) is 1.77. The van der Waals surface area contributed by atoms with Crippen LogP contribution >= 0.6 is 0 Å². The van der Waals surface area contributed by atoms with E-state index in [-0.39, 0.29) is 17.7 Å². The molecule has 1 unspecified atom stereocenters. The van der Waals surface area contributed by atoms with E-state index in [1.54, 1.807) is 6.07 Å². The highest BCUT2D eigenvalue weighted by Crippen LogP contribution is 2.24. The van der Waals surface area contributed by atoms with Crippen molar-refractivity contribution in [2.24, 2.45) is 5.73 Å². The van der Waals surface area contributed by atoms with E-state index in [2.05, 4.69) is 15.0 Å². The molecule has 1 saturated heterocycles. The fourth-order valence-electron chi connectivity index (χ4n) is 1.77. The average molecular weight is 249 g/mol. The third-order valence-electron chi connectivity index (χ3n) is 2.61. The number of nitrogens with one attached hydrogen (secondary N) is 1. The SMILES string of the molecule is NC(=O)Oc1ccc(C2CCC(=O)NC2=O)cn1. The Hall–Kier alpha value is -2.44. The van der Waals surface area contributed by atoms with E-state index >= 15 is 0 Å². The number of piperidine rings is 1. The van der Waals surface area contributed by atoms with Crippen LogP contribution < -0.4 is 15.8 Å². The third kappa shape index (κ3) is 2.62. The van der Waals surface area contributed by atoms with E-state index in [1.165, 1.54) is 12.3 Å². The zero-order chi connectivity index (χ0) is 13.1. The lowest BCUT2D eigenvalue weighted by Crippen LogP contribution is -2.39. The van der Waals surface area contributed by atoms with Crippen molar-refractivity contribution in [3.05, 3.63) is 23.9 Å². The summed E-state index contributed by atoms with van der Waals surface area (Å²) in [5.74, 6) is -0.939. The summed E-state index contributed by atoms with van der Waals surface area (Å²) in [6.07, 6.45) is 1.23. The van der Waals surface area contributed by atoms with Gasteiger partial charge in [0.05, 0.1) is 5.92 Å². The van der Waals surface area contributed by atoms with Crippen LogP contribution in [0.3, 0.4) is 0 Å². The van der Waals surface area contributed by atoms with Crippen molar-refractivity contribution in [1.29, 1.82) is 0 Å². The molecule has 94 valence electrons. The number of hydrogen-bond acceptors (Lipinski definition) is 5. The Balaban J connectivity index is 2.12. The maximum atomic E-state index is 11.6. The molecule has 0 radical (unpaired) electrons. The Kier molecular flexibility index (Phi) is 3.22. The molecule has 0 bridgehead atoms. The van der Waals surface area contributed by atoms with Gasteiger partial charge in [-0.3, -0.25) is 14.9 Å². The molecule has 2 heterocycles. The quantitative estimate of drug-likeness (QED) is 0.720. The van der Waals surface area contributed by atoms with E-state index in [1.807, 2.05) is 0 Å². The van der Waals surface area contributed by atoms with E-state index in [0.29, 0.717) is 18.4 Å². The monoisotopic (exact) mass is 249 g/mol. The molecule has 0 aliphatic carbocycles. The minimum absolute atomic E-state index is 0.0681. The van der Waals surface area contributed by atoms with Crippen LogP contribution in [0, 0.1) is 0 Å². The predicted octanol–water partition coefficient (Wildman–Crippen LogP) is 0.0593. The highest BCUT2D eigenvalue weighted by Gasteiger charge is 2.28. The highest BCUT2D eigenvalue weighted by atomic mass is 16.6. The molecule has 3 N–H and O–H groups in total. The Morgan fingerprint density at radius 2 is 2.22 bits per heavy atom. The molecule has 1 aliphatic rings. The molecule has 1 aromatic heterocycles. The van der Waals surface area contributed by atoms with E-state index in [9.17, 15) is 14.4 Å². The number of imide groups is 1. The maximum absolute atomic E-state index is 11.6. The first-order valence-corrected chi connectivity index (χ1v) is 5.33. The number of pyridine rings is 1. The number of aromatic nitrogens is 1. The molecule has 0 saturated carbocycles. The Bertz CT molecular complexity index is 498. The minimum Gasteiger partial charge on any atom is -0.391 e. The van der Waals surface area contributed by atoms with Crippen LogP contribution in [0.15, 0.2) is 18.3 Å². The summed E-state index contributed by atoms with van der Waals surface area (Å²) in [5.41, 5.74) is 5.50. The van der Waals surface area contributed by atoms with Gasteiger partial charge >= 0.3 is 6.09 Å². The van der Waals surface area contributed by atoms with Gasteiger partial charge in [-0.15, -0.1) is 0 Å². The summed E-state index contributed by atoms with van der Waals surface area (Å²) >= 11 is 0. The Morgan fingerprint density at radius 1 is 1.44 bits per heavy atom. The van der Waals surface area contributed by atoms with Gasteiger partial charge in [0.2, 0.25) is 17.7 Å². The second kappa shape index (κ2) is 4.82. The Labute approximate surface area is 102 Å². The summed E-state index contributed by atoms with van der Waals surface area (Å²) in [5, 5.41) is 2.26. The van der Waals surface area contributed by atoms with Crippen molar-refractivity contribution in [1.82, 2.24) is 10.3 Å². The van der Waals surface area contributed by atoms with Crippen molar-refractivity contribution in [2.45, 2.75) is 18.8 Å². The van der Waals surface area contributed by atoms with Gasteiger partial charge in [-0.1, -0.05) is 6.07 Å². The van der Waals surface area contributed by atoms with Gasteiger partial charge in [-0.05, 0) is 12.0 Å². The van der Waals surface area contributed by atoms with Gasteiger partial charge in [0.1, 0.15) is 0 Å². The number of nitrogens with zero attached hydrogens (tertiary/aromatic N) is 1. The van der Waals surface area contributed by atoms with Crippen LogP contribution in [-0.2, 0) is 9.59 Å². The summed E-state index contributed by atoms with van der Waals surface area (Å²) in [7, 11) is 0. The van der Waals surface area contributed by atoms with Gasteiger partial charge < -0.3 is 10.5 Å². The molecule has 7 heteroatoms. The average Bonchev–Trinajstić information content (AvgIpc) is 2.30. The first-order valence-electron chi connectivity index (χ1n) is 5.33. The van der Waals surface area contributed by atoms with Crippen molar-refractivity contribution in [2.75, 3.05) is 0 Å². The first-order chi connectivity index (χ1) is 8.56. The van der Waals surface area contributed by atoms with Crippen LogP contribution in [0.2, 0.25) is 0 Å². The maximum Gasteiger partial charge on any atom is 0.411 e. The van der Waals surface area contributed by atoms with Crippen LogP contribution in [-0.4, -0.2) is 22.9 Å². The summed E-state index contributed by atoms with van der Waals surface area (Å²) < 4.78 is 4.57. The van der Waals surface area contributed by atoms with Crippen molar-refractivity contribution >= 4 is 17.9 Å². The third-order valence-corrected chi connectivity index (χ3v) is 2.61. The fraction of sp³-hybridized carbons (Fsp3) is 0.273. The zero-order valence-corrected chi connectivity index (χ0v) is 9.38. The molecule has 1 aromatic rings. The van der Waals surface area contributed by atoms with E-state index < -0.39 is 12.0 Å². The summed E-state index contributed by atoms with van der Waals surface area (Å²) in [4.78, 5) is 37.0. The van der Waals surface area contributed by atoms with Crippen LogP contribution in [0.4, 0.5) is 4.79 Å². The van der Waals surface area contributed by atoms with Gasteiger partial charge in [0.25, 0.3) is 0 Å². The van der Waals surface area contributed by atoms with Crippen molar-refractivity contribution in [3.63, 3.8) is 0 Å². The molecule has 1 aliphatic heterocycles. The molecule has 1 atom stereocenters. The number of rotatable bonds is 2. The van der Waals surface area contributed by atoms with Gasteiger partial charge in [-0.25, -0.2) is 9.78 Å². The summed E-state index contributed by atoms with van der Waals surface area (Å²) in [6, 6.07) is 3.06. The molecular formula is C11H11N3O4. The predicted molar refractivity (Wildman–Crippen MR) is 59.6 cm³/mol. The molecule has 0 aromatic carbocycles. The highest BCUT2D eigenvalue weighted by molar-refractivity contribution is 6.00. The van der Waals surface area contributed by atoms with Gasteiger partial charge in [0.15, 0.2) is 0 Å². The molecule has 18 heavy (non-hydrogen) atoms. The smallest absolute Gasteiger partial charge is 0.391 e. The van der Waals surface area contributed by atoms with Crippen LogP contribution in [0.1, 0.15) is 24.3 Å². The lowest BCUT2D eigenvalue weighted by Gasteiger charge is -2.20. The van der Waals surface area contributed by atoms with Crippen molar-refractivity contribution in [3.8, 4) is 5.88 Å². The molecule has 0 spiro atoms. The normalized spacial score (nSPS) is 19.2. The second-order valence-corrected chi connectivity index (χ2v) is 3.85. The van der Waals surface area contributed by atoms with E-state index in [0.717, 1.165) is 0 Å². The number of carbonyl (C=O) groups excluding carboxylic acids is 3. The number of nitrogens with two attached hydrogens (primary N) is 1. The molecule has 7 nitrogen and oxygen atoms in total. The zero-order valence-electron chi connectivity index (χ0n) is 9.38. The lowest BCUT2D eigenvalue weighted by molar-refractivity contribution is -0.134. The molecule has 2 rings (SSSR count). The standard InChI is InChI=1S/C11H11N3O4/c12-11(17)18-9-4-1-6(5-13-9)7-2-3-8(15)14-10(7)16/h1,4-5,7H,2-3H2,(H2,12,17)(H,14,15,16). The molecule has 3 amide bonds. The van der Waals surface area contributed by atoms with Crippen LogP contribution in [0.25, 0.3) is 0 Å². The topological polar surface area (TPSA) is 111 Å². The van der Waals surface area contributed by atoms with E-state index in [4.69, 9.17) is 5.73 Å². The minimum atomic E-state index is -0.948. The lowest BCUT2D eigenvalue weighted by atomic mass is 9.92. The largest absolute Gasteiger partial charge is 0.411 e. The first kappa shape index (κ1) is 12.0. The van der Waals surface area contributed by atoms with Crippen molar-refractivity contribution < 1.29 is 19.1 Å². The number of hydrogen-bond donors (Lipinski definition) is 2. The molecule has 1 fully saturated rings. The van der Waals surface area contributed by atoms with Crippen LogP contribution in [0.5, 0.6) is 5.88 Å².